The lowest BCUT2D eigenvalue weighted by Crippen LogP contribution is -2.32. The molecule has 16 heteroatoms. The van der Waals surface area contributed by atoms with Crippen LogP contribution in [0.2, 0.25) is 0 Å². The molecule has 1 aromatic heterocycles. The van der Waals surface area contributed by atoms with Gasteiger partial charge in [0.05, 0.1) is 29.3 Å². The van der Waals surface area contributed by atoms with Gasteiger partial charge in [0.15, 0.2) is 0 Å². The number of rotatable bonds is 8. The van der Waals surface area contributed by atoms with Crippen LogP contribution in [0, 0.1) is 19.8 Å². The standard InChI is InChI=1S/C29H32F9N7/c1-16-10-22(29(36,37)38)17(2)25-24(16)23(4-3-8-43(25)14-18-5-6-18)44(26-40-42-45(41-26)9-7-39)15-19-11-20(27(30,31)32)13-21(12-19)28(33,34)35/h10-13,18,23H,3-9,14-15,39H2,1-2H3/t23-/m0/s1. The van der Waals surface area contributed by atoms with Crippen molar-refractivity contribution in [3.05, 3.63) is 63.2 Å². The normalized spacial score (nSPS) is 17.8. The first-order chi connectivity index (χ1) is 21.0. The van der Waals surface area contributed by atoms with Crippen molar-refractivity contribution < 1.29 is 39.5 Å². The summed E-state index contributed by atoms with van der Waals surface area (Å²) in [6.45, 7) is 3.63. The lowest BCUT2D eigenvalue weighted by atomic mass is 9.89. The Hall–Kier alpha value is -3.56. The van der Waals surface area contributed by atoms with Gasteiger partial charge in [0.25, 0.3) is 5.95 Å². The molecule has 1 fully saturated rings. The zero-order chi connectivity index (χ0) is 32.9. The molecule has 246 valence electrons. The van der Waals surface area contributed by atoms with Crippen LogP contribution in [0.3, 0.4) is 0 Å². The molecule has 0 amide bonds. The Morgan fingerprint density at radius 1 is 0.889 bits per heavy atom. The van der Waals surface area contributed by atoms with Crippen LogP contribution >= 0.6 is 0 Å². The molecule has 0 saturated heterocycles. The Balaban J connectivity index is 1.70. The predicted octanol–water partition coefficient (Wildman–Crippen LogP) is 7.06. The topological polar surface area (TPSA) is 76.1 Å². The number of nitrogens with two attached hydrogens (primary N) is 1. The maximum atomic E-state index is 14.2. The Morgan fingerprint density at radius 3 is 2.09 bits per heavy atom. The molecule has 0 radical (unpaired) electrons. The lowest BCUT2D eigenvalue weighted by Gasteiger charge is -2.35. The van der Waals surface area contributed by atoms with E-state index in [0.29, 0.717) is 55.2 Å². The summed E-state index contributed by atoms with van der Waals surface area (Å²) in [7, 11) is 0. The highest BCUT2D eigenvalue weighted by atomic mass is 19.4. The molecule has 3 aromatic rings. The van der Waals surface area contributed by atoms with Gasteiger partial charge in [0.2, 0.25) is 0 Å². The fourth-order valence-corrected chi connectivity index (χ4v) is 6.07. The summed E-state index contributed by atoms with van der Waals surface area (Å²) < 4.78 is 125. The molecule has 7 nitrogen and oxygen atoms in total. The van der Waals surface area contributed by atoms with E-state index in [1.54, 1.807) is 0 Å². The van der Waals surface area contributed by atoms with Crippen molar-refractivity contribution in [3.8, 4) is 0 Å². The van der Waals surface area contributed by atoms with E-state index < -0.39 is 47.8 Å². The minimum atomic E-state index is -5.07. The molecule has 2 N–H and O–H groups in total. The van der Waals surface area contributed by atoms with E-state index in [0.717, 1.165) is 23.7 Å². The monoisotopic (exact) mass is 649 g/mol. The number of nitrogens with zero attached hydrogens (tertiary/aromatic N) is 6. The second-order valence-electron chi connectivity index (χ2n) is 11.7. The number of fused-ring (bicyclic) bond motifs is 1. The van der Waals surface area contributed by atoms with E-state index in [-0.39, 0.29) is 41.8 Å². The maximum absolute atomic E-state index is 14.2. The molecule has 2 heterocycles. The van der Waals surface area contributed by atoms with Crippen molar-refractivity contribution in [1.82, 2.24) is 20.2 Å². The molecule has 0 bridgehead atoms. The average Bonchev–Trinajstić information content (AvgIpc) is 3.67. The number of anilines is 2. The second-order valence-corrected chi connectivity index (χ2v) is 11.7. The third-order valence-corrected chi connectivity index (χ3v) is 8.24. The second kappa shape index (κ2) is 12.0. The molecule has 1 aliphatic carbocycles. The van der Waals surface area contributed by atoms with Crippen molar-refractivity contribution in [2.45, 2.75) is 77.2 Å². The number of hydrogen-bond donors (Lipinski definition) is 1. The van der Waals surface area contributed by atoms with Gasteiger partial charge in [-0.2, -0.15) is 44.3 Å². The smallest absolute Gasteiger partial charge is 0.371 e. The van der Waals surface area contributed by atoms with Crippen molar-refractivity contribution >= 4 is 11.6 Å². The van der Waals surface area contributed by atoms with E-state index in [2.05, 4.69) is 15.4 Å². The number of halogens is 9. The van der Waals surface area contributed by atoms with Crippen molar-refractivity contribution in [2.24, 2.45) is 11.7 Å². The number of hydrogen-bond acceptors (Lipinski definition) is 6. The van der Waals surface area contributed by atoms with Crippen LogP contribution in [0.5, 0.6) is 0 Å². The first-order valence-corrected chi connectivity index (χ1v) is 14.5. The summed E-state index contributed by atoms with van der Waals surface area (Å²) in [4.78, 5) is 4.53. The predicted molar refractivity (Wildman–Crippen MR) is 147 cm³/mol. The largest absolute Gasteiger partial charge is 0.416 e. The number of aryl methyl sites for hydroxylation is 1. The van der Waals surface area contributed by atoms with Crippen LogP contribution in [-0.2, 0) is 31.6 Å². The van der Waals surface area contributed by atoms with Crippen LogP contribution in [0.25, 0.3) is 0 Å². The third kappa shape index (κ3) is 7.15. The molecule has 0 spiro atoms. The molecule has 1 atom stereocenters. The fourth-order valence-electron chi connectivity index (χ4n) is 6.07. The summed E-state index contributed by atoms with van der Waals surface area (Å²) in [5, 5.41) is 12.3. The Bertz CT molecular complexity index is 1490. The zero-order valence-electron chi connectivity index (χ0n) is 24.5. The summed E-state index contributed by atoms with van der Waals surface area (Å²) >= 11 is 0. The van der Waals surface area contributed by atoms with Gasteiger partial charge in [-0.25, -0.2) is 0 Å². The highest BCUT2D eigenvalue weighted by Gasteiger charge is 2.41. The summed E-state index contributed by atoms with van der Waals surface area (Å²) in [5.74, 6) is 0.224. The van der Waals surface area contributed by atoms with Gasteiger partial charge >= 0.3 is 18.5 Å². The minimum absolute atomic E-state index is 0.00812. The number of alkyl halides is 9. The Morgan fingerprint density at radius 2 is 1.53 bits per heavy atom. The van der Waals surface area contributed by atoms with Crippen molar-refractivity contribution in [3.63, 3.8) is 0 Å². The summed E-state index contributed by atoms with van der Waals surface area (Å²) in [5.41, 5.74) is 2.68. The van der Waals surface area contributed by atoms with Crippen LogP contribution < -0.4 is 15.5 Å². The van der Waals surface area contributed by atoms with Crippen molar-refractivity contribution in [2.75, 3.05) is 29.4 Å². The first kappa shape index (κ1) is 32.8. The zero-order valence-corrected chi connectivity index (χ0v) is 24.5. The van der Waals surface area contributed by atoms with Crippen LogP contribution in [0.1, 0.15) is 70.7 Å². The summed E-state index contributed by atoms with van der Waals surface area (Å²) in [6.07, 6.45) is -12.1. The third-order valence-electron chi connectivity index (χ3n) is 8.24. The van der Waals surface area contributed by atoms with Gasteiger partial charge in [-0.1, -0.05) is 5.10 Å². The lowest BCUT2D eigenvalue weighted by molar-refractivity contribution is -0.143. The Kier molecular flexibility index (Phi) is 8.74. The summed E-state index contributed by atoms with van der Waals surface area (Å²) in [6, 6.07) is 1.56. The molecule has 5 rings (SSSR count). The minimum Gasteiger partial charge on any atom is -0.371 e. The fraction of sp³-hybridized carbons (Fsp3) is 0.552. The van der Waals surface area contributed by atoms with Gasteiger partial charge in [0, 0.05) is 37.4 Å². The van der Waals surface area contributed by atoms with E-state index >= 15 is 0 Å². The van der Waals surface area contributed by atoms with Gasteiger partial charge in [-0.05, 0) is 91.6 Å². The van der Waals surface area contributed by atoms with Crippen molar-refractivity contribution in [1.29, 1.82) is 0 Å². The van der Waals surface area contributed by atoms with E-state index in [9.17, 15) is 39.5 Å². The van der Waals surface area contributed by atoms with Crippen LogP contribution in [0.15, 0.2) is 24.3 Å². The molecule has 0 unspecified atom stereocenters. The number of aromatic nitrogens is 4. The number of benzene rings is 2. The molecule has 2 aromatic carbocycles. The highest BCUT2D eigenvalue weighted by molar-refractivity contribution is 5.68. The molecule has 1 saturated carbocycles. The molecule has 45 heavy (non-hydrogen) atoms. The van der Waals surface area contributed by atoms with Gasteiger partial charge in [-0.3, -0.25) is 0 Å². The van der Waals surface area contributed by atoms with Gasteiger partial charge in [0.1, 0.15) is 0 Å². The highest BCUT2D eigenvalue weighted by Crippen LogP contribution is 2.48. The molecule has 2 aliphatic rings. The van der Waals surface area contributed by atoms with Crippen LogP contribution in [-0.4, -0.2) is 39.8 Å². The van der Waals surface area contributed by atoms with Gasteiger partial charge in [-0.15, -0.1) is 5.10 Å². The molecule has 1 aliphatic heterocycles. The van der Waals surface area contributed by atoms with E-state index in [1.165, 1.54) is 18.7 Å². The van der Waals surface area contributed by atoms with Gasteiger partial charge < -0.3 is 15.5 Å². The van der Waals surface area contributed by atoms with E-state index in [4.69, 9.17) is 5.73 Å². The number of tetrazole rings is 1. The molecular formula is C29H32F9N7. The average molecular weight is 650 g/mol. The maximum Gasteiger partial charge on any atom is 0.416 e. The first-order valence-electron chi connectivity index (χ1n) is 14.5. The van der Waals surface area contributed by atoms with E-state index in [1.807, 2.05) is 4.90 Å². The van der Waals surface area contributed by atoms with Crippen LogP contribution in [0.4, 0.5) is 51.1 Å². The quantitative estimate of drug-likeness (QED) is 0.264. The SMILES string of the molecule is Cc1cc(C(F)(F)F)c(C)c2c1[C@@H](N(Cc1cc(C(F)(F)F)cc(C(F)(F)F)c1)c1nnn(CCN)n1)CCCN2CC1CC1. The Labute approximate surface area is 253 Å². The molecular weight excluding hydrogens is 617 g/mol.